The molecule has 0 saturated carbocycles. The van der Waals surface area contributed by atoms with E-state index in [0.717, 1.165) is 24.5 Å². The van der Waals surface area contributed by atoms with Gasteiger partial charge < -0.3 is 34.3 Å². The van der Waals surface area contributed by atoms with Crippen molar-refractivity contribution in [2.24, 2.45) is 0 Å². The zero-order valence-corrected chi connectivity index (χ0v) is 15.0. The van der Waals surface area contributed by atoms with Crippen molar-refractivity contribution in [3.8, 4) is 5.75 Å². The molecule has 0 spiro atoms. The molecule has 0 aliphatic heterocycles. The van der Waals surface area contributed by atoms with Crippen LogP contribution in [-0.4, -0.2) is 74.1 Å². The highest BCUT2D eigenvalue weighted by molar-refractivity contribution is 5.64. The minimum Gasteiger partial charge on any atom is -0.495 e. The van der Waals surface area contributed by atoms with E-state index in [9.17, 15) is 0 Å². The van der Waals surface area contributed by atoms with Crippen LogP contribution >= 0.6 is 0 Å². The summed E-state index contributed by atoms with van der Waals surface area (Å²) in [4.78, 5) is 2.16. The average molecular weight is 342 g/mol. The average Bonchev–Trinajstić information content (AvgIpc) is 2.59. The quantitative estimate of drug-likeness (QED) is 0.405. The number of nitrogens with two attached hydrogens (primary N) is 1. The first-order valence-corrected chi connectivity index (χ1v) is 8.04. The lowest BCUT2D eigenvalue weighted by atomic mass is 10.2. The van der Waals surface area contributed by atoms with Crippen LogP contribution in [0.1, 0.15) is 0 Å². The second-order valence-electron chi connectivity index (χ2n) is 5.13. The van der Waals surface area contributed by atoms with Gasteiger partial charge in [0, 0.05) is 39.1 Å². The Morgan fingerprint density at radius 1 is 0.833 bits per heavy atom. The minimum atomic E-state index is 0.577. The zero-order valence-electron chi connectivity index (χ0n) is 15.0. The summed E-state index contributed by atoms with van der Waals surface area (Å²) >= 11 is 0. The number of hydrogen-bond acceptors (Lipinski definition) is 7. The molecule has 0 aliphatic rings. The second kappa shape index (κ2) is 12.8. The summed E-state index contributed by atoms with van der Waals surface area (Å²) in [7, 11) is 4.96. The monoisotopic (exact) mass is 342 g/mol. The molecule has 0 heterocycles. The lowest BCUT2D eigenvalue weighted by Crippen LogP contribution is -2.32. The van der Waals surface area contributed by atoms with E-state index in [4.69, 9.17) is 29.4 Å². The molecule has 7 nitrogen and oxygen atoms in total. The van der Waals surface area contributed by atoms with Crippen LogP contribution in [0.2, 0.25) is 0 Å². The van der Waals surface area contributed by atoms with Crippen molar-refractivity contribution in [1.82, 2.24) is 0 Å². The molecule has 0 fully saturated rings. The van der Waals surface area contributed by atoms with Gasteiger partial charge in [-0.25, -0.2) is 0 Å². The number of hydrogen-bond donors (Lipinski definition) is 1. The molecule has 1 aromatic rings. The number of benzene rings is 1. The summed E-state index contributed by atoms with van der Waals surface area (Å²) in [5.41, 5.74) is 7.48. The van der Waals surface area contributed by atoms with E-state index < -0.39 is 0 Å². The van der Waals surface area contributed by atoms with E-state index in [1.807, 2.05) is 18.2 Å². The summed E-state index contributed by atoms with van der Waals surface area (Å²) in [5, 5.41) is 0. The number of nitrogen functional groups attached to an aromatic ring is 1. The van der Waals surface area contributed by atoms with Gasteiger partial charge in [-0.15, -0.1) is 0 Å². The minimum absolute atomic E-state index is 0.577. The molecular formula is C17H30N2O5. The van der Waals surface area contributed by atoms with Gasteiger partial charge in [0.05, 0.1) is 52.4 Å². The Labute approximate surface area is 144 Å². The fraction of sp³-hybridized carbons (Fsp3) is 0.647. The molecule has 24 heavy (non-hydrogen) atoms. The lowest BCUT2D eigenvalue weighted by Gasteiger charge is -2.26. The maximum Gasteiger partial charge on any atom is 0.144 e. The summed E-state index contributed by atoms with van der Waals surface area (Å²) < 4.78 is 26.6. The molecule has 0 unspecified atom stereocenters. The first-order chi connectivity index (χ1) is 11.7. The lowest BCUT2D eigenvalue weighted by molar-refractivity contribution is 0.0676. The molecule has 0 saturated heterocycles. The SMILES string of the molecule is COCCOCCN(CCOCCOC)c1ccc(N)cc1OC. The predicted octanol–water partition coefficient (Wildman–Crippen LogP) is 1.41. The third-order valence-electron chi connectivity index (χ3n) is 3.42. The molecule has 0 aromatic heterocycles. The summed E-state index contributed by atoms with van der Waals surface area (Å²) in [6.07, 6.45) is 0. The van der Waals surface area contributed by atoms with E-state index in [1.54, 1.807) is 21.3 Å². The first kappa shape index (κ1) is 20.5. The number of anilines is 2. The third kappa shape index (κ3) is 7.83. The van der Waals surface area contributed by atoms with Crippen molar-refractivity contribution < 1.29 is 23.7 Å². The van der Waals surface area contributed by atoms with Crippen molar-refractivity contribution in [3.63, 3.8) is 0 Å². The van der Waals surface area contributed by atoms with Gasteiger partial charge >= 0.3 is 0 Å². The predicted molar refractivity (Wildman–Crippen MR) is 95.0 cm³/mol. The van der Waals surface area contributed by atoms with Gasteiger partial charge in [-0.05, 0) is 12.1 Å². The fourth-order valence-corrected chi connectivity index (χ4v) is 2.15. The molecule has 0 atom stereocenters. The highest BCUT2D eigenvalue weighted by Crippen LogP contribution is 2.30. The number of nitrogens with zero attached hydrogens (tertiary/aromatic N) is 1. The van der Waals surface area contributed by atoms with Gasteiger partial charge in [-0.2, -0.15) is 0 Å². The smallest absolute Gasteiger partial charge is 0.144 e. The van der Waals surface area contributed by atoms with E-state index in [2.05, 4.69) is 4.90 Å². The van der Waals surface area contributed by atoms with Crippen molar-refractivity contribution in [1.29, 1.82) is 0 Å². The molecule has 138 valence electrons. The molecule has 0 bridgehead atoms. The maximum atomic E-state index is 5.84. The second-order valence-corrected chi connectivity index (χ2v) is 5.13. The summed E-state index contributed by atoms with van der Waals surface area (Å²) in [6, 6.07) is 5.64. The van der Waals surface area contributed by atoms with Crippen molar-refractivity contribution in [3.05, 3.63) is 18.2 Å². The van der Waals surface area contributed by atoms with Crippen LogP contribution < -0.4 is 15.4 Å². The highest BCUT2D eigenvalue weighted by atomic mass is 16.5. The first-order valence-electron chi connectivity index (χ1n) is 8.04. The van der Waals surface area contributed by atoms with E-state index >= 15 is 0 Å². The van der Waals surface area contributed by atoms with Crippen LogP contribution in [0.4, 0.5) is 11.4 Å². The Bertz CT molecular complexity index is 431. The zero-order chi connectivity index (χ0) is 17.6. The van der Waals surface area contributed by atoms with Crippen molar-refractivity contribution >= 4 is 11.4 Å². The number of rotatable bonds is 14. The standard InChI is InChI=1S/C17H30N2O5/c1-20-10-12-23-8-6-19(7-9-24-13-11-21-2)16-5-4-15(18)14-17(16)22-3/h4-5,14H,6-13,18H2,1-3H3. The van der Waals surface area contributed by atoms with Crippen molar-refractivity contribution in [2.45, 2.75) is 0 Å². The maximum absolute atomic E-state index is 5.84. The number of methoxy groups -OCH3 is 3. The fourth-order valence-electron chi connectivity index (χ4n) is 2.15. The molecule has 0 radical (unpaired) electrons. The summed E-state index contributed by atoms with van der Waals surface area (Å²) in [5.74, 6) is 0.740. The van der Waals surface area contributed by atoms with Crippen LogP contribution in [0.25, 0.3) is 0 Å². The molecule has 7 heteroatoms. The van der Waals surface area contributed by atoms with Crippen LogP contribution in [0, 0.1) is 0 Å². The third-order valence-corrected chi connectivity index (χ3v) is 3.42. The molecule has 0 aliphatic carbocycles. The Kier molecular flexibility index (Phi) is 11.0. The Morgan fingerprint density at radius 3 is 1.92 bits per heavy atom. The normalized spacial score (nSPS) is 10.8. The Hall–Kier alpha value is -1.54. The van der Waals surface area contributed by atoms with Gasteiger partial charge in [0.1, 0.15) is 5.75 Å². The van der Waals surface area contributed by atoms with Gasteiger partial charge in [-0.3, -0.25) is 0 Å². The topological polar surface area (TPSA) is 75.4 Å². The largest absolute Gasteiger partial charge is 0.495 e. The molecule has 2 N–H and O–H groups in total. The van der Waals surface area contributed by atoms with Crippen LogP contribution in [0.5, 0.6) is 5.75 Å². The van der Waals surface area contributed by atoms with E-state index in [1.165, 1.54) is 0 Å². The van der Waals surface area contributed by atoms with E-state index in [-0.39, 0.29) is 0 Å². The van der Waals surface area contributed by atoms with Crippen molar-refractivity contribution in [2.75, 3.05) is 84.7 Å². The van der Waals surface area contributed by atoms with Crippen LogP contribution in [0.3, 0.4) is 0 Å². The molecule has 1 aromatic carbocycles. The molecule has 0 amide bonds. The number of ether oxygens (including phenoxy) is 5. The highest BCUT2D eigenvalue weighted by Gasteiger charge is 2.12. The molecular weight excluding hydrogens is 312 g/mol. The Balaban J connectivity index is 2.62. The van der Waals surface area contributed by atoms with E-state index in [0.29, 0.717) is 45.3 Å². The van der Waals surface area contributed by atoms with Crippen LogP contribution in [0.15, 0.2) is 18.2 Å². The van der Waals surface area contributed by atoms with Crippen LogP contribution in [-0.2, 0) is 18.9 Å². The Morgan fingerprint density at radius 2 is 1.42 bits per heavy atom. The molecule has 1 rings (SSSR count). The van der Waals surface area contributed by atoms with Gasteiger partial charge in [0.15, 0.2) is 0 Å². The van der Waals surface area contributed by atoms with Gasteiger partial charge in [0.2, 0.25) is 0 Å². The van der Waals surface area contributed by atoms with Gasteiger partial charge in [-0.1, -0.05) is 0 Å². The van der Waals surface area contributed by atoms with Gasteiger partial charge in [0.25, 0.3) is 0 Å². The summed E-state index contributed by atoms with van der Waals surface area (Å²) in [6.45, 7) is 4.96.